The number of nitrogens with zero attached hydrogens (tertiary/aromatic N) is 3. The first-order chi connectivity index (χ1) is 10.7. The molecule has 1 fully saturated rings. The smallest absolute Gasteiger partial charge is 0.410 e. The third kappa shape index (κ3) is 4.37. The Bertz CT molecular complexity index is 582. The molecule has 128 valence electrons. The van der Waals surface area contributed by atoms with Crippen LogP contribution in [0.3, 0.4) is 0 Å². The summed E-state index contributed by atoms with van der Waals surface area (Å²) in [7, 11) is 1.80. The van der Waals surface area contributed by atoms with Gasteiger partial charge in [0.2, 0.25) is 0 Å². The molecule has 2 rings (SSSR count). The van der Waals surface area contributed by atoms with E-state index in [1.165, 1.54) is 4.90 Å². The number of esters is 1. The van der Waals surface area contributed by atoms with Gasteiger partial charge in [-0.25, -0.2) is 4.79 Å². The summed E-state index contributed by atoms with van der Waals surface area (Å²) in [4.78, 5) is 26.0. The van der Waals surface area contributed by atoms with Gasteiger partial charge in [0.05, 0.1) is 12.1 Å². The van der Waals surface area contributed by atoms with E-state index in [1.807, 2.05) is 6.20 Å². The number of carbonyl (C=O) groups excluding carboxylic acids is 2. The molecule has 1 aromatic rings. The van der Waals surface area contributed by atoms with E-state index in [-0.39, 0.29) is 18.5 Å². The minimum Gasteiger partial charge on any atom is -0.449 e. The maximum Gasteiger partial charge on any atom is 0.410 e. The van der Waals surface area contributed by atoms with Gasteiger partial charge in [0.25, 0.3) is 0 Å². The third-order valence-electron chi connectivity index (χ3n) is 3.62. The Morgan fingerprint density at radius 2 is 2.09 bits per heavy atom. The van der Waals surface area contributed by atoms with Crippen molar-refractivity contribution in [2.24, 2.45) is 13.0 Å². The Morgan fingerprint density at radius 3 is 2.61 bits per heavy atom. The maximum atomic E-state index is 12.3. The number of aryl methyl sites for hydroxylation is 1. The van der Waals surface area contributed by atoms with E-state index >= 15 is 0 Å². The molecule has 0 aliphatic carbocycles. The van der Waals surface area contributed by atoms with Crippen molar-refractivity contribution in [2.45, 2.75) is 32.3 Å². The van der Waals surface area contributed by atoms with Crippen LogP contribution in [0.5, 0.6) is 0 Å². The average Bonchev–Trinajstić information content (AvgIpc) is 3.02. The van der Waals surface area contributed by atoms with Crippen molar-refractivity contribution in [3.8, 4) is 0 Å². The lowest BCUT2D eigenvalue weighted by Gasteiger charge is -2.24. The number of aromatic nitrogens is 2. The molecule has 7 nitrogen and oxygen atoms in total. The molecular weight excluding hydrogens is 322 g/mol. The van der Waals surface area contributed by atoms with Crippen LogP contribution in [0, 0.1) is 5.92 Å². The lowest BCUT2D eigenvalue weighted by atomic mass is 9.91. The second-order valence-corrected chi connectivity index (χ2v) is 6.84. The molecule has 0 radical (unpaired) electrons. The fraction of sp³-hybridized carbons (Fsp3) is 0.667. The summed E-state index contributed by atoms with van der Waals surface area (Å²) in [6.07, 6.45) is 3.10. The van der Waals surface area contributed by atoms with Gasteiger partial charge in [-0.3, -0.25) is 9.48 Å². The van der Waals surface area contributed by atoms with Crippen molar-refractivity contribution in [2.75, 3.05) is 19.2 Å². The van der Waals surface area contributed by atoms with E-state index in [2.05, 4.69) is 5.10 Å². The summed E-state index contributed by atoms with van der Waals surface area (Å²) in [6, 6.07) is -0.207. The van der Waals surface area contributed by atoms with E-state index in [0.29, 0.717) is 6.54 Å². The Morgan fingerprint density at radius 1 is 1.39 bits per heavy atom. The molecule has 0 unspecified atom stereocenters. The van der Waals surface area contributed by atoms with Crippen LogP contribution in [0.4, 0.5) is 4.79 Å². The molecule has 1 amide bonds. The highest BCUT2D eigenvalue weighted by atomic mass is 35.5. The second-order valence-electron chi connectivity index (χ2n) is 6.62. The van der Waals surface area contributed by atoms with E-state index in [4.69, 9.17) is 21.1 Å². The highest BCUT2D eigenvalue weighted by molar-refractivity contribution is 6.17. The Balaban J connectivity index is 2.18. The number of halogens is 1. The molecule has 1 saturated heterocycles. The monoisotopic (exact) mass is 343 g/mol. The van der Waals surface area contributed by atoms with Gasteiger partial charge in [0.1, 0.15) is 5.60 Å². The average molecular weight is 344 g/mol. The van der Waals surface area contributed by atoms with Crippen molar-refractivity contribution in [3.05, 3.63) is 18.0 Å². The van der Waals surface area contributed by atoms with Gasteiger partial charge in [-0.2, -0.15) is 5.10 Å². The van der Waals surface area contributed by atoms with Crippen LogP contribution in [-0.2, 0) is 21.3 Å². The van der Waals surface area contributed by atoms with E-state index in [0.717, 1.165) is 5.56 Å². The molecule has 0 saturated carbocycles. The van der Waals surface area contributed by atoms with Crippen LogP contribution >= 0.6 is 11.6 Å². The molecule has 0 bridgehead atoms. The third-order valence-corrected chi connectivity index (χ3v) is 3.73. The number of likely N-dealkylation sites (tertiary alicyclic amines) is 1. The predicted octanol–water partition coefficient (Wildman–Crippen LogP) is 2.11. The van der Waals surface area contributed by atoms with Crippen molar-refractivity contribution in [1.29, 1.82) is 0 Å². The molecule has 1 aromatic heterocycles. The SMILES string of the molecule is Cn1cc([C@H]2CN(C(=O)OC(C)(C)C)C[C@@H]2C(=O)OCCl)cn1. The Labute approximate surface area is 140 Å². The lowest BCUT2D eigenvalue weighted by Crippen LogP contribution is -2.36. The first kappa shape index (κ1) is 17.6. The largest absolute Gasteiger partial charge is 0.449 e. The first-order valence-electron chi connectivity index (χ1n) is 7.40. The fourth-order valence-electron chi connectivity index (χ4n) is 2.65. The normalized spacial score (nSPS) is 21.3. The fourth-order valence-corrected chi connectivity index (χ4v) is 2.76. The molecular formula is C15H22ClN3O4. The number of carbonyl (C=O) groups is 2. The molecule has 23 heavy (non-hydrogen) atoms. The number of rotatable bonds is 3. The number of amides is 1. The number of hydrogen-bond donors (Lipinski definition) is 0. The zero-order valence-corrected chi connectivity index (χ0v) is 14.5. The summed E-state index contributed by atoms with van der Waals surface area (Å²) in [5, 5.41) is 4.13. The molecule has 1 aliphatic heterocycles. The zero-order valence-electron chi connectivity index (χ0n) is 13.8. The van der Waals surface area contributed by atoms with Crippen molar-refractivity contribution in [3.63, 3.8) is 0 Å². The van der Waals surface area contributed by atoms with Gasteiger partial charge in [0.15, 0.2) is 6.07 Å². The highest BCUT2D eigenvalue weighted by Crippen LogP contribution is 2.34. The van der Waals surface area contributed by atoms with Gasteiger partial charge >= 0.3 is 12.1 Å². The summed E-state index contributed by atoms with van der Waals surface area (Å²) in [5.74, 6) is -1.09. The Kier molecular flexibility index (Phi) is 5.19. The van der Waals surface area contributed by atoms with Gasteiger partial charge in [0, 0.05) is 32.3 Å². The molecule has 0 N–H and O–H groups in total. The number of alkyl halides is 1. The minimum atomic E-state index is -0.588. The summed E-state index contributed by atoms with van der Waals surface area (Å²) in [5.41, 5.74) is 0.297. The maximum absolute atomic E-state index is 12.3. The van der Waals surface area contributed by atoms with Crippen LogP contribution in [-0.4, -0.2) is 51.5 Å². The molecule has 2 heterocycles. The molecule has 0 aromatic carbocycles. The van der Waals surface area contributed by atoms with Crippen LogP contribution < -0.4 is 0 Å². The van der Waals surface area contributed by atoms with Gasteiger partial charge in [-0.05, 0) is 26.3 Å². The van der Waals surface area contributed by atoms with Gasteiger partial charge < -0.3 is 14.4 Å². The number of ether oxygens (including phenoxy) is 2. The van der Waals surface area contributed by atoms with Crippen molar-refractivity contribution < 1.29 is 19.1 Å². The van der Waals surface area contributed by atoms with Crippen LogP contribution in [0.15, 0.2) is 12.4 Å². The number of hydrogen-bond acceptors (Lipinski definition) is 5. The van der Waals surface area contributed by atoms with E-state index in [9.17, 15) is 9.59 Å². The van der Waals surface area contributed by atoms with Gasteiger partial charge in [-0.15, -0.1) is 0 Å². The molecule has 0 spiro atoms. The lowest BCUT2D eigenvalue weighted by molar-refractivity contribution is -0.146. The topological polar surface area (TPSA) is 73.7 Å². The quantitative estimate of drug-likeness (QED) is 0.620. The van der Waals surface area contributed by atoms with E-state index in [1.54, 1.807) is 38.7 Å². The summed E-state index contributed by atoms with van der Waals surface area (Å²) >= 11 is 5.49. The van der Waals surface area contributed by atoms with E-state index < -0.39 is 23.6 Å². The predicted molar refractivity (Wildman–Crippen MR) is 84.1 cm³/mol. The minimum absolute atomic E-state index is 0.188. The molecule has 1 aliphatic rings. The molecule has 8 heteroatoms. The van der Waals surface area contributed by atoms with Crippen LogP contribution in [0.25, 0.3) is 0 Å². The van der Waals surface area contributed by atoms with Gasteiger partial charge in [-0.1, -0.05) is 11.6 Å². The van der Waals surface area contributed by atoms with Crippen molar-refractivity contribution in [1.82, 2.24) is 14.7 Å². The second kappa shape index (κ2) is 6.78. The zero-order chi connectivity index (χ0) is 17.2. The van der Waals surface area contributed by atoms with Crippen molar-refractivity contribution >= 4 is 23.7 Å². The summed E-state index contributed by atoms with van der Waals surface area (Å²) in [6.45, 7) is 6.03. The molecule has 2 atom stereocenters. The van der Waals surface area contributed by atoms with Crippen LogP contribution in [0.2, 0.25) is 0 Å². The highest BCUT2D eigenvalue weighted by Gasteiger charge is 2.43. The summed E-state index contributed by atoms with van der Waals surface area (Å²) < 4.78 is 12.0. The van der Waals surface area contributed by atoms with Crippen LogP contribution in [0.1, 0.15) is 32.3 Å². The Hall–Kier alpha value is -1.76. The standard InChI is InChI=1S/C15H22ClN3O4/c1-15(2,3)23-14(21)19-7-11(10-5-17-18(4)6-10)12(8-19)13(20)22-9-16/h5-6,11-12H,7-9H2,1-4H3/t11-,12+/m1/s1. The first-order valence-corrected chi connectivity index (χ1v) is 7.94.